The van der Waals surface area contributed by atoms with E-state index in [1.807, 2.05) is 25.1 Å². The Morgan fingerprint density at radius 1 is 1.09 bits per heavy atom. The molecule has 23 heavy (non-hydrogen) atoms. The van der Waals surface area contributed by atoms with Gasteiger partial charge in [0, 0.05) is 11.5 Å². The van der Waals surface area contributed by atoms with Gasteiger partial charge >= 0.3 is 11.9 Å². The molecule has 2 aromatic carbocycles. The first-order valence-corrected chi connectivity index (χ1v) is 7.26. The van der Waals surface area contributed by atoms with Gasteiger partial charge in [-0.2, -0.15) is 0 Å². The second kappa shape index (κ2) is 5.76. The highest BCUT2D eigenvalue weighted by Crippen LogP contribution is 2.42. The Kier molecular flexibility index (Phi) is 3.78. The smallest absolute Gasteiger partial charge is 0.318 e. The van der Waals surface area contributed by atoms with Gasteiger partial charge in [-0.05, 0) is 24.1 Å². The summed E-state index contributed by atoms with van der Waals surface area (Å²) in [7, 11) is 0. The molecule has 0 radical (unpaired) electrons. The molecule has 5 nitrogen and oxygen atoms in total. The molecule has 118 valence electrons. The van der Waals surface area contributed by atoms with Gasteiger partial charge in [0.25, 0.3) is 0 Å². The number of rotatable bonds is 3. The number of carbonyl (C=O) groups is 2. The number of carboxylic acid groups (broad SMARTS) is 2. The van der Waals surface area contributed by atoms with Crippen LogP contribution in [0.5, 0.6) is 5.75 Å². The molecule has 1 atom stereocenters. The topological polar surface area (TPSA) is 83.8 Å². The van der Waals surface area contributed by atoms with Crippen LogP contribution in [0, 0.1) is 12.8 Å². The summed E-state index contributed by atoms with van der Waals surface area (Å²) < 4.78 is 5.78. The molecule has 0 aromatic heterocycles. The molecule has 0 bridgehead atoms. The standard InChI is InChI=1S/C18H16O5/c1-10-6-7-14-13(8-10)15(16(17(19)20)18(21)22)12-5-3-2-4-11(12)9-23-14/h2-8,15-16H,9H2,1H3,(H,19,20)(H,21,22). The van der Waals surface area contributed by atoms with Crippen LogP contribution in [0.15, 0.2) is 42.5 Å². The van der Waals surface area contributed by atoms with Gasteiger partial charge in [0.15, 0.2) is 5.92 Å². The fourth-order valence-electron chi connectivity index (χ4n) is 3.08. The van der Waals surface area contributed by atoms with E-state index in [4.69, 9.17) is 4.74 Å². The van der Waals surface area contributed by atoms with Gasteiger partial charge in [0.2, 0.25) is 0 Å². The van der Waals surface area contributed by atoms with Gasteiger partial charge in [-0.3, -0.25) is 9.59 Å². The van der Waals surface area contributed by atoms with E-state index in [-0.39, 0.29) is 6.61 Å². The Labute approximate surface area is 133 Å². The predicted molar refractivity (Wildman–Crippen MR) is 82.6 cm³/mol. The summed E-state index contributed by atoms with van der Waals surface area (Å²) in [5.74, 6) is -4.54. The quantitative estimate of drug-likeness (QED) is 0.851. The molecule has 0 amide bonds. The van der Waals surface area contributed by atoms with E-state index < -0.39 is 23.8 Å². The number of ether oxygens (including phenoxy) is 1. The molecule has 1 unspecified atom stereocenters. The van der Waals surface area contributed by atoms with Gasteiger partial charge in [0.1, 0.15) is 12.4 Å². The average Bonchev–Trinajstić information content (AvgIpc) is 2.65. The Hall–Kier alpha value is -2.82. The van der Waals surface area contributed by atoms with E-state index in [2.05, 4.69) is 0 Å². The highest BCUT2D eigenvalue weighted by Gasteiger charge is 2.40. The van der Waals surface area contributed by atoms with Crippen molar-refractivity contribution < 1.29 is 24.5 Å². The van der Waals surface area contributed by atoms with Gasteiger partial charge < -0.3 is 14.9 Å². The third-order valence-corrected chi connectivity index (χ3v) is 4.14. The Bertz CT molecular complexity index is 767. The van der Waals surface area contributed by atoms with Crippen molar-refractivity contribution in [2.24, 2.45) is 5.92 Å². The van der Waals surface area contributed by atoms with E-state index in [0.29, 0.717) is 16.9 Å². The minimum atomic E-state index is -1.57. The van der Waals surface area contributed by atoms with Crippen molar-refractivity contribution in [2.75, 3.05) is 0 Å². The summed E-state index contributed by atoms with van der Waals surface area (Å²) in [6.45, 7) is 2.17. The minimum absolute atomic E-state index is 0.286. The molecular formula is C18H16O5. The van der Waals surface area contributed by atoms with Gasteiger partial charge in [-0.15, -0.1) is 0 Å². The van der Waals surface area contributed by atoms with Crippen molar-refractivity contribution in [2.45, 2.75) is 19.4 Å². The molecule has 2 aromatic rings. The summed E-state index contributed by atoms with van der Waals surface area (Å²) >= 11 is 0. The van der Waals surface area contributed by atoms with Gasteiger partial charge in [0.05, 0.1) is 0 Å². The maximum absolute atomic E-state index is 11.6. The molecule has 1 aliphatic rings. The van der Waals surface area contributed by atoms with Crippen LogP contribution < -0.4 is 4.74 Å². The van der Waals surface area contributed by atoms with Crippen molar-refractivity contribution in [3.63, 3.8) is 0 Å². The lowest BCUT2D eigenvalue weighted by Gasteiger charge is -2.23. The van der Waals surface area contributed by atoms with E-state index >= 15 is 0 Å². The van der Waals surface area contributed by atoms with Crippen molar-refractivity contribution >= 4 is 11.9 Å². The fourth-order valence-corrected chi connectivity index (χ4v) is 3.08. The van der Waals surface area contributed by atoms with E-state index in [1.54, 1.807) is 24.3 Å². The van der Waals surface area contributed by atoms with Gasteiger partial charge in [-0.1, -0.05) is 42.0 Å². The maximum Gasteiger partial charge on any atom is 0.318 e. The van der Waals surface area contributed by atoms with Crippen LogP contribution in [0.1, 0.15) is 28.2 Å². The Morgan fingerprint density at radius 2 is 1.78 bits per heavy atom. The number of benzene rings is 2. The average molecular weight is 312 g/mol. The summed E-state index contributed by atoms with van der Waals surface area (Å²) in [6, 6.07) is 12.7. The first-order valence-electron chi connectivity index (χ1n) is 7.26. The number of aryl methyl sites for hydroxylation is 1. The lowest BCUT2D eigenvalue weighted by molar-refractivity contribution is -0.155. The number of hydrogen-bond donors (Lipinski definition) is 2. The minimum Gasteiger partial charge on any atom is -0.489 e. The maximum atomic E-state index is 11.6. The predicted octanol–water partition coefficient (Wildman–Crippen LogP) is 2.80. The monoisotopic (exact) mass is 312 g/mol. The van der Waals surface area contributed by atoms with E-state index in [9.17, 15) is 19.8 Å². The van der Waals surface area contributed by atoms with Gasteiger partial charge in [-0.25, -0.2) is 0 Å². The lowest BCUT2D eigenvalue weighted by atomic mass is 9.78. The Morgan fingerprint density at radius 3 is 2.48 bits per heavy atom. The SMILES string of the molecule is Cc1ccc2c(c1)C(C(C(=O)O)C(=O)O)c1ccccc1CO2. The van der Waals surface area contributed by atoms with Crippen LogP contribution in [0.3, 0.4) is 0 Å². The summed E-state index contributed by atoms with van der Waals surface area (Å²) in [5.41, 5.74) is 3.02. The van der Waals surface area contributed by atoms with E-state index in [0.717, 1.165) is 11.1 Å². The third kappa shape index (κ3) is 2.65. The van der Waals surface area contributed by atoms with Crippen LogP contribution in [-0.2, 0) is 16.2 Å². The van der Waals surface area contributed by atoms with Crippen LogP contribution >= 0.6 is 0 Å². The van der Waals surface area contributed by atoms with Crippen LogP contribution in [0.4, 0.5) is 0 Å². The molecule has 1 aliphatic heterocycles. The van der Waals surface area contributed by atoms with Crippen molar-refractivity contribution in [3.8, 4) is 5.75 Å². The molecule has 0 spiro atoms. The molecule has 0 aliphatic carbocycles. The summed E-state index contributed by atoms with van der Waals surface area (Å²) in [4.78, 5) is 23.3. The molecule has 1 heterocycles. The fraction of sp³-hybridized carbons (Fsp3) is 0.222. The van der Waals surface area contributed by atoms with Crippen molar-refractivity contribution in [1.82, 2.24) is 0 Å². The molecular weight excluding hydrogens is 296 g/mol. The van der Waals surface area contributed by atoms with Crippen LogP contribution in [0.25, 0.3) is 0 Å². The highest BCUT2D eigenvalue weighted by molar-refractivity contribution is 5.95. The number of aliphatic carboxylic acids is 2. The zero-order valence-corrected chi connectivity index (χ0v) is 12.5. The number of fused-ring (bicyclic) bond motifs is 2. The molecule has 0 fully saturated rings. The normalized spacial score (nSPS) is 16.0. The zero-order valence-electron chi connectivity index (χ0n) is 12.5. The van der Waals surface area contributed by atoms with Crippen LogP contribution in [0.2, 0.25) is 0 Å². The molecule has 0 saturated heterocycles. The zero-order chi connectivity index (χ0) is 16.6. The first-order chi connectivity index (χ1) is 11.0. The number of hydrogen-bond acceptors (Lipinski definition) is 3. The van der Waals surface area contributed by atoms with Crippen LogP contribution in [-0.4, -0.2) is 22.2 Å². The van der Waals surface area contributed by atoms with Crippen molar-refractivity contribution in [1.29, 1.82) is 0 Å². The summed E-state index contributed by atoms with van der Waals surface area (Å²) in [5, 5.41) is 19.0. The largest absolute Gasteiger partial charge is 0.489 e. The number of carboxylic acids is 2. The molecule has 3 rings (SSSR count). The second-order valence-corrected chi connectivity index (χ2v) is 5.66. The highest BCUT2D eigenvalue weighted by atomic mass is 16.5. The molecule has 2 N–H and O–H groups in total. The first kappa shape index (κ1) is 15.1. The second-order valence-electron chi connectivity index (χ2n) is 5.66. The lowest BCUT2D eigenvalue weighted by Crippen LogP contribution is -2.31. The summed E-state index contributed by atoms with van der Waals surface area (Å²) in [6.07, 6.45) is 0. The molecule has 0 saturated carbocycles. The Balaban J connectivity index is 2.28. The van der Waals surface area contributed by atoms with E-state index in [1.165, 1.54) is 0 Å². The third-order valence-electron chi connectivity index (χ3n) is 4.14. The molecule has 5 heteroatoms. The van der Waals surface area contributed by atoms with Crippen molar-refractivity contribution in [3.05, 3.63) is 64.7 Å².